The van der Waals surface area contributed by atoms with Gasteiger partial charge in [-0.1, -0.05) is 11.6 Å². The minimum absolute atomic E-state index is 0.411. The standard InChI is InChI=1S/C17H24ClN3O4/c1-11-9-12(18)14(20-5-7-21(8-6-20)16(23)24)10-13(11)19-15(22)25-17(2,3)4/h9-10H,5-8H2,1-4H3,(H,19,22)(H,23,24). The van der Waals surface area contributed by atoms with Crippen LogP contribution in [0.25, 0.3) is 0 Å². The number of carboxylic acid groups (broad SMARTS) is 1. The molecule has 0 saturated carbocycles. The molecule has 1 aliphatic heterocycles. The van der Waals surface area contributed by atoms with Crippen molar-refractivity contribution in [3.05, 3.63) is 22.7 Å². The number of carbonyl (C=O) groups excluding carboxylic acids is 1. The predicted molar refractivity (Wildman–Crippen MR) is 97.9 cm³/mol. The van der Waals surface area contributed by atoms with E-state index in [-0.39, 0.29) is 0 Å². The number of nitrogens with zero attached hydrogens (tertiary/aromatic N) is 2. The number of hydrogen-bond donors (Lipinski definition) is 2. The van der Waals surface area contributed by atoms with Crippen LogP contribution in [0.3, 0.4) is 0 Å². The van der Waals surface area contributed by atoms with Gasteiger partial charge in [0.15, 0.2) is 0 Å². The van der Waals surface area contributed by atoms with Crippen LogP contribution in [0.15, 0.2) is 12.1 Å². The second-order valence-corrected chi connectivity index (χ2v) is 7.41. The molecule has 8 heteroatoms. The topological polar surface area (TPSA) is 82.1 Å². The van der Waals surface area contributed by atoms with Crippen molar-refractivity contribution in [2.75, 3.05) is 36.4 Å². The molecule has 2 N–H and O–H groups in total. The summed E-state index contributed by atoms with van der Waals surface area (Å²) in [6, 6.07) is 3.59. The van der Waals surface area contributed by atoms with Gasteiger partial charge in [0, 0.05) is 31.9 Å². The fraction of sp³-hybridized carbons (Fsp3) is 0.529. The molecule has 2 rings (SSSR count). The van der Waals surface area contributed by atoms with Crippen LogP contribution >= 0.6 is 11.6 Å². The van der Waals surface area contributed by atoms with Crippen LogP contribution in [-0.2, 0) is 4.74 Å². The molecular weight excluding hydrogens is 346 g/mol. The van der Waals surface area contributed by atoms with Gasteiger partial charge in [-0.25, -0.2) is 9.59 Å². The highest BCUT2D eigenvalue weighted by molar-refractivity contribution is 6.33. The molecule has 1 aromatic carbocycles. The molecule has 7 nitrogen and oxygen atoms in total. The third-order valence-electron chi connectivity index (χ3n) is 3.82. The number of carbonyl (C=O) groups is 2. The molecule has 0 aromatic heterocycles. The molecule has 0 bridgehead atoms. The van der Waals surface area contributed by atoms with Crippen molar-refractivity contribution in [1.29, 1.82) is 0 Å². The number of hydrogen-bond acceptors (Lipinski definition) is 4. The molecule has 0 radical (unpaired) electrons. The monoisotopic (exact) mass is 369 g/mol. The second kappa shape index (κ2) is 7.39. The lowest BCUT2D eigenvalue weighted by Crippen LogP contribution is -2.48. The summed E-state index contributed by atoms with van der Waals surface area (Å²) in [5.41, 5.74) is 1.63. The normalized spacial score (nSPS) is 15.1. The summed E-state index contributed by atoms with van der Waals surface area (Å²) in [5, 5.41) is 12.4. The van der Waals surface area contributed by atoms with Gasteiger partial charge in [-0.15, -0.1) is 0 Å². The summed E-state index contributed by atoms with van der Waals surface area (Å²) in [6.45, 7) is 9.16. The lowest BCUT2D eigenvalue weighted by atomic mass is 10.1. The van der Waals surface area contributed by atoms with E-state index in [1.165, 1.54) is 4.90 Å². The summed E-state index contributed by atoms with van der Waals surface area (Å²) in [5.74, 6) is 0. The van der Waals surface area contributed by atoms with Crippen molar-refractivity contribution in [2.24, 2.45) is 0 Å². The van der Waals surface area contributed by atoms with Crippen LogP contribution in [-0.4, -0.2) is 54.0 Å². The second-order valence-electron chi connectivity index (χ2n) is 7.00. The maximum absolute atomic E-state index is 12.0. The Bertz CT molecular complexity index is 665. The van der Waals surface area contributed by atoms with E-state index in [0.717, 1.165) is 11.3 Å². The van der Waals surface area contributed by atoms with E-state index in [1.807, 2.05) is 11.8 Å². The van der Waals surface area contributed by atoms with Crippen molar-refractivity contribution >= 4 is 35.2 Å². The third-order valence-corrected chi connectivity index (χ3v) is 4.12. The zero-order valence-electron chi connectivity index (χ0n) is 14.9. The summed E-state index contributed by atoms with van der Waals surface area (Å²) in [6.07, 6.45) is -1.44. The van der Waals surface area contributed by atoms with Crippen LogP contribution in [0.1, 0.15) is 26.3 Å². The molecule has 0 unspecified atom stereocenters. The molecule has 0 aliphatic carbocycles. The maximum Gasteiger partial charge on any atom is 0.412 e. The first-order valence-corrected chi connectivity index (χ1v) is 8.47. The number of aryl methyl sites for hydroxylation is 1. The molecule has 0 atom stereocenters. The van der Waals surface area contributed by atoms with Crippen molar-refractivity contribution < 1.29 is 19.4 Å². The lowest BCUT2D eigenvalue weighted by molar-refractivity contribution is 0.0635. The Morgan fingerprint density at radius 1 is 1.20 bits per heavy atom. The van der Waals surface area contributed by atoms with Gasteiger partial charge >= 0.3 is 12.2 Å². The largest absolute Gasteiger partial charge is 0.465 e. The van der Waals surface area contributed by atoms with E-state index in [9.17, 15) is 9.59 Å². The summed E-state index contributed by atoms with van der Waals surface area (Å²) in [4.78, 5) is 26.4. The minimum atomic E-state index is -0.915. The van der Waals surface area contributed by atoms with E-state index < -0.39 is 17.8 Å². The van der Waals surface area contributed by atoms with Gasteiger partial charge in [0.1, 0.15) is 5.60 Å². The first-order valence-electron chi connectivity index (χ1n) is 8.10. The van der Waals surface area contributed by atoms with Crippen molar-refractivity contribution in [2.45, 2.75) is 33.3 Å². The molecule has 1 fully saturated rings. The van der Waals surface area contributed by atoms with E-state index in [2.05, 4.69) is 5.32 Å². The molecule has 1 aromatic rings. The van der Waals surface area contributed by atoms with Crippen molar-refractivity contribution in [3.8, 4) is 0 Å². The minimum Gasteiger partial charge on any atom is -0.465 e. The van der Waals surface area contributed by atoms with Gasteiger partial charge in [-0.3, -0.25) is 5.32 Å². The number of amides is 2. The lowest BCUT2D eigenvalue weighted by Gasteiger charge is -2.35. The Hall–Kier alpha value is -2.15. The molecule has 1 heterocycles. The Morgan fingerprint density at radius 3 is 2.32 bits per heavy atom. The quantitative estimate of drug-likeness (QED) is 0.828. The highest BCUT2D eigenvalue weighted by atomic mass is 35.5. The van der Waals surface area contributed by atoms with E-state index in [1.54, 1.807) is 32.9 Å². The summed E-state index contributed by atoms with van der Waals surface area (Å²) >= 11 is 6.36. The molecular formula is C17H24ClN3O4. The van der Waals surface area contributed by atoms with Crippen LogP contribution < -0.4 is 10.2 Å². The van der Waals surface area contributed by atoms with Gasteiger partial charge in [0.25, 0.3) is 0 Å². The average Bonchev–Trinajstić information content (AvgIpc) is 2.48. The highest BCUT2D eigenvalue weighted by Gasteiger charge is 2.23. The number of ether oxygens (including phenoxy) is 1. The molecule has 138 valence electrons. The fourth-order valence-corrected chi connectivity index (χ4v) is 2.93. The van der Waals surface area contributed by atoms with Crippen LogP contribution in [0.4, 0.5) is 21.0 Å². The van der Waals surface area contributed by atoms with E-state index in [4.69, 9.17) is 21.4 Å². The molecule has 0 spiro atoms. The van der Waals surface area contributed by atoms with E-state index in [0.29, 0.717) is 36.9 Å². The zero-order valence-corrected chi connectivity index (χ0v) is 15.7. The SMILES string of the molecule is Cc1cc(Cl)c(N2CCN(C(=O)O)CC2)cc1NC(=O)OC(C)(C)C. The number of piperazine rings is 1. The number of rotatable bonds is 2. The van der Waals surface area contributed by atoms with Gasteiger partial charge in [0.05, 0.1) is 10.7 Å². The van der Waals surface area contributed by atoms with Gasteiger partial charge < -0.3 is 19.6 Å². The number of halogens is 1. The first-order chi connectivity index (χ1) is 11.6. The zero-order chi connectivity index (χ0) is 18.8. The summed E-state index contributed by atoms with van der Waals surface area (Å²) < 4.78 is 5.28. The number of benzene rings is 1. The summed E-state index contributed by atoms with van der Waals surface area (Å²) in [7, 11) is 0. The number of nitrogens with one attached hydrogen (secondary N) is 1. The van der Waals surface area contributed by atoms with E-state index >= 15 is 0 Å². The average molecular weight is 370 g/mol. The number of anilines is 2. The molecule has 25 heavy (non-hydrogen) atoms. The predicted octanol–water partition coefficient (Wildman–Crippen LogP) is 3.80. The van der Waals surface area contributed by atoms with Crippen LogP contribution in [0.2, 0.25) is 5.02 Å². The van der Waals surface area contributed by atoms with Gasteiger partial charge in [-0.05, 0) is 45.4 Å². The Balaban J connectivity index is 2.15. The van der Waals surface area contributed by atoms with Crippen LogP contribution in [0.5, 0.6) is 0 Å². The first kappa shape index (κ1) is 19.2. The molecule has 2 amide bonds. The Morgan fingerprint density at radius 2 is 1.80 bits per heavy atom. The highest BCUT2D eigenvalue weighted by Crippen LogP contribution is 2.32. The fourth-order valence-electron chi connectivity index (χ4n) is 2.59. The van der Waals surface area contributed by atoms with Gasteiger partial charge in [-0.2, -0.15) is 0 Å². The molecule has 1 aliphatic rings. The third kappa shape index (κ3) is 5.16. The van der Waals surface area contributed by atoms with Gasteiger partial charge in [0.2, 0.25) is 0 Å². The Kier molecular flexibility index (Phi) is 5.67. The maximum atomic E-state index is 12.0. The molecule has 1 saturated heterocycles. The Labute approximate surface area is 152 Å². The smallest absolute Gasteiger partial charge is 0.412 e. The van der Waals surface area contributed by atoms with Crippen LogP contribution in [0, 0.1) is 6.92 Å². The van der Waals surface area contributed by atoms with Crippen molar-refractivity contribution in [1.82, 2.24) is 4.90 Å². The van der Waals surface area contributed by atoms with Crippen molar-refractivity contribution in [3.63, 3.8) is 0 Å².